The highest BCUT2D eigenvalue weighted by atomic mass is 16.1. The van der Waals surface area contributed by atoms with E-state index in [1.54, 1.807) is 12.4 Å². The van der Waals surface area contributed by atoms with Crippen molar-refractivity contribution in [2.45, 2.75) is 40.0 Å². The van der Waals surface area contributed by atoms with Gasteiger partial charge in [-0.2, -0.15) is 0 Å². The summed E-state index contributed by atoms with van der Waals surface area (Å²) in [6, 6.07) is 1.86. The first kappa shape index (κ1) is 14.8. The maximum absolute atomic E-state index is 12.3. The van der Waals surface area contributed by atoms with Crippen LogP contribution >= 0.6 is 0 Å². The van der Waals surface area contributed by atoms with E-state index in [0.29, 0.717) is 16.9 Å². The molecule has 0 aliphatic heterocycles. The summed E-state index contributed by atoms with van der Waals surface area (Å²) in [4.78, 5) is 16.4. The highest BCUT2D eigenvalue weighted by molar-refractivity contribution is 5.99. The minimum atomic E-state index is -0.0244. The number of amides is 1. The van der Waals surface area contributed by atoms with Gasteiger partial charge in [0.05, 0.1) is 11.3 Å². The average molecular weight is 275 g/mol. The second-order valence-electron chi connectivity index (χ2n) is 6.05. The van der Waals surface area contributed by atoms with E-state index in [-0.39, 0.29) is 5.91 Å². The zero-order valence-electron chi connectivity index (χ0n) is 12.7. The fraction of sp³-hybridized carbons (Fsp3) is 0.625. The van der Waals surface area contributed by atoms with E-state index in [1.807, 2.05) is 6.07 Å². The Morgan fingerprint density at radius 3 is 2.80 bits per heavy atom. The van der Waals surface area contributed by atoms with Gasteiger partial charge in [-0.3, -0.25) is 9.78 Å². The van der Waals surface area contributed by atoms with Crippen LogP contribution in [0.15, 0.2) is 18.5 Å². The smallest absolute Gasteiger partial charge is 0.254 e. The monoisotopic (exact) mass is 275 g/mol. The highest BCUT2D eigenvalue weighted by Crippen LogP contribution is 2.51. The van der Waals surface area contributed by atoms with Gasteiger partial charge in [-0.1, -0.05) is 20.8 Å². The third-order valence-electron chi connectivity index (χ3n) is 4.35. The molecule has 4 heteroatoms. The van der Waals surface area contributed by atoms with Crippen molar-refractivity contribution in [1.29, 1.82) is 0 Å². The van der Waals surface area contributed by atoms with E-state index in [0.717, 1.165) is 25.2 Å². The lowest BCUT2D eigenvalue weighted by atomic mass is 9.92. The first-order valence-corrected chi connectivity index (χ1v) is 7.55. The normalized spacial score (nSPS) is 16.0. The van der Waals surface area contributed by atoms with E-state index in [9.17, 15) is 4.79 Å². The summed E-state index contributed by atoms with van der Waals surface area (Å²) >= 11 is 0. The number of aromatic nitrogens is 1. The van der Waals surface area contributed by atoms with Crippen molar-refractivity contribution in [1.82, 2.24) is 10.3 Å². The molecule has 2 N–H and O–H groups in total. The van der Waals surface area contributed by atoms with Gasteiger partial charge in [0.15, 0.2) is 0 Å². The maximum Gasteiger partial charge on any atom is 0.254 e. The first-order valence-electron chi connectivity index (χ1n) is 7.55. The van der Waals surface area contributed by atoms with Gasteiger partial charge in [0, 0.05) is 25.5 Å². The van der Waals surface area contributed by atoms with Crippen LogP contribution in [0.4, 0.5) is 5.69 Å². The Hall–Kier alpha value is -1.58. The predicted octanol–water partition coefficient (Wildman–Crippen LogP) is 3.07. The van der Waals surface area contributed by atoms with Crippen LogP contribution in [0.2, 0.25) is 0 Å². The Kier molecular flexibility index (Phi) is 4.63. The molecule has 1 fully saturated rings. The maximum atomic E-state index is 12.3. The molecule has 1 saturated carbocycles. The van der Waals surface area contributed by atoms with Gasteiger partial charge in [-0.25, -0.2) is 0 Å². The molecular weight excluding hydrogens is 250 g/mol. The van der Waals surface area contributed by atoms with E-state index in [2.05, 4.69) is 36.4 Å². The van der Waals surface area contributed by atoms with Crippen molar-refractivity contribution < 1.29 is 4.79 Å². The summed E-state index contributed by atoms with van der Waals surface area (Å²) in [5.41, 5.74) is 1.84. The summed E-state index contributed by atoms with van der Waals surface area (Å²) in [6.45, 7) is 8.20. The number of carbonyl (C=O) groups excluding carboxylic acids is 1. The van der Waals surface area contributed by atoms with Gasteiger partial charge in [-0.05, 0) is 36.7 Å². The van der Waals surface area contributed by atoms with Crippen molar-refractivity contribution >= 4 is 11.6 Å². The molecule has 4 nitrogen and oxygen atoms in total. The summed E-state index contributed by atoms with van der Waals surface area (Å²) in [5.74, 6) is 0.595. The van der Waals surface area contributed by atoms with E-state index >= 15 is 0 Å². The van der Waals surface area contributed by atoms with E-state index in [4.69, 9.17) is 0 Å². The van der Waals surface area contributed by atoms with Gasteiger partial charge in [0.1, 0.15) is 0 Å². The van der Waals surface area contributed by atoms with E-state index in [1.165, 1.54) is 12.8 Å². The second-order valence-corrected chi connectivity index (χ2v) is 6.05. The molecule has 0 spiro atoms. The van der Waals surface area contributed by atoms with Crippen LogP contribution in [0.25, 0.3) is 0 Å². The van der Waals surface area contributed by atoms with Crippen LogP contribution in [0.3, 0.4) is 0 Å². The summed E-state index contributed by atoms with van der Waals surface area (Å²) in [7, 11) is 0. The standard InChI is InChI=1S/C16H25N3O/c1-4-8-18-14-5-9-17-10-13(14)15(20)19-11-16(6-7-16)12(2)3/h5,9-10,12H,4,6-8,11H2,1-3H3,(H,17,18)(H,19,20). The third-order valence-corrected chi connectivity index (χ3v) is 4.35. The molecule has 1 heterocycles. The predicted molar refractivity (Wildman–Crippen MR) is 81.9 cm³/mol. The molecule has 0 atom stereocenters. The molecule has 0 unspecified atom stereocenters. The molecule has 1 amide bonds. The summed E-state index contributed by atoms with van der Waals surface area (Å²) in [5, 5.41) is 6.36. The number of anilines is 1. The number of nitrogens with zero attached hydrogens (tertiary/aromatic N) is 1. The zero-order chi connectivity index (χ0) is 14.6. The molecular formula is C16H25N3O. The van der Waals surface area contributed by atoms with Crippen molar-refractivity contribution in [3.63, 3.8) is 0 Å². The summed E-state index contributed by atoms with van der Waals surface area (Å²) in [6.07, 6.45) is 6.82. The Balaban J connectivity index is 1.98. The number of pyridine rings is 1. The lowest BCUT2D eigenvalue weighted by molar-refractivity contribution is 0.0940. The molecule has 0 bridgehead atoms. The minimum Gasteiger partial charge on any atom is -0.384 e. The molecule has 1 aliphatic rings. The highest BCUT2D eigenvalue weighted by Gasteiger charge is 2.45. The second kappa shape index (κ2) is 6.25. The first-order chi connectivity index (χ1) is 9.59. The quantitative estimate of drug-likeness (QED) is 0.804. The van der Waals surface area contributed by atoms with Crippen LogP contribution in [-0.2, 0) is 0 Å². The average Bonchev–Trinajstić information content (AvgIpc) is 3.24. The van der Waals surface area contributed by atoms with Crippen LogP contribution in [0.5, 0.6) is 0 Å². The fourth-order valence-electron chi connectivity index (χ4n) is 2.46. The lowest BCUT2D eigenvalue weighted by Gasteiger charge is -2.20. The molecule has 1 aliphatic carbocycles. The largest absolute Gasteiger partial charge is 0.384 e. The van der Waals surface area contributed by atoms with Gasteiger partial charge < -0.3 is 10.6 Å². The number of nitrogens with one attached hydrogen (secondary N) is 2. The van der Waals surface area contributed by atoms with Gasteiger partial charge in [0.25, 0.3) is 5.91 Å². The SMILES string of the molecule is CCCNc1ccncc1C(=O)NCC1(C(C)C)CC1. The van der Waals surface area contributed by atoms with Crippen LogP contribution in [-0.4, -0.2) is 24.0 Å². The third kappa shape index (κ3) is 3.30. The molecule has 110 valence electrons. The van der Waals surface area contributed by atoms with Crippen LogP contribution < -0.4 is 10.6 Å². The lowest BCUT2D eigenvalue weighted by Crippen LogP contribution is -2.33. The topological polar surface area (TPSA) is 54.0 Å². The van der Waals surface area contributed by atoms with Gasteiger partial charge in [-0.15, -0.1) is 0 Å². The van der Waals surface area contributed by atoms with Gasteiger partial charge >= 0.3 is 0 Å². The van der Waals surface area contributed by atoms with Crippen molar-refractivity contribution in [3.8, 4) is 0 Å². The zero-order valence-corrected chi connectivity index (χ0v) is 12.7. The number of carbonyl (C=O) groups is 1. The van der Waals surface area contributed by atoms with Crippen molar-refractivity contribution in [3.05, 3.63) is 24.0 Å². The molecule has 20 heavy (non-hydrogen) atoms. The molecule has 0 saturated heterocycles. The van der Waals surface area contributed by atoms with E-state index < -0.39 is 0 Å². The molecule has 1 aromatic rings. The summed E-state index contributed by atoms with van der Waals surface area (Å²) < 4.78 is 0. The number of rotatable bonds is 7. The molecule has 0 radical (unpaired) electrons. The number of hydrogen-bond acceptors (Lipinski definition) is 3. The molecule has 2 rings (SSSR count). The Bertz CT molecular complexity index is 467. The Labute approximate surface area is 121 Å². The van der Waals surface area contributed by atoms with Crippen LogP contribution in [0.1, 0.15) is 50.4 Å². The van der Waals surface area contributed by atoms with Crippen molar-refractivity contribution in [2.75, 3.05) is 18.4 Å². The Morgan fingerprint density at radius 2 is 2.20 bits per heavy atom. The molecule has 0 aromatic carbocycles. The number of hydrogen-bond donors (Lipinski definition) is 2. The van der Waals surface area contributed by atoms with Crippen molar-refractivity contribution in [2.24, 2.45) is 11.3 Å². The van der Waals surface area contributed by atoms with Crippen LogP contribution in [0, 0.1) is 11.3 Å². The fourth-order valence-corrected chi connectivity index (χ4v) is 2.46. The molecule has 1 aromatic heterocycles. The van der Waals surface area contributed by atoms with Gasteiger partial charge in [0.2, 0.25) is 0 Å². The Morgan fingerprint density at radius 1 is 1.45 bits per heavy atom. The minimum absolute atomic E-state index is 0.0244.